The summed E-state index contributed by atoms with van der Waals surface area (Å²) in [7, 11) is 1.14. The molecule has 3 atom stereocenters. The van der Waals surface area contributed by atoms with Gasteiger partial charge in [0.2, 0.25) is 5.91 Å². The summed E-state index contributed by atoms with van der Waals surface area (Å²) in [5.74, 6) is -0.639. The molecule has 3 unspecified atom stereocenters. The number of rotatable bonds is 47. The maximum absolute atomic E-state index is 13.4. The highest BCUT2D eigenvalue weighted by Gasteiger charge is 2.27. The quantitative estimate of drug-likeness (QED) is 0.0213. The summed E-state index contributed by atoms with van der Waals surface area (Å²) in [6.07, 6.45) is 52.4. The number of nitrogens with zero attached hydrogens (tertiary/aromatic N) is 1. The van der Waals surface area contributed by atoms with Crippen LogP contribution < -0.4 is 10.2 Å². The summed E-state index contributed by atoms with van der Waals surface area (Å²) in [6.45, 7) is 6.75. The number of amides is 1. The minimum atomic E-state index is -4.70. The Morgan fingerprint density at radius 3 is 1.45 bits per heavy atom. The Hall–Kier alpha value is -2.03. The molecule has 1 N–H and O–H groups in total. The third-order valence-electron chi connectivity index (χ3n) is 11.5. The normalized spacial score (nSPS) is 14.3. The van der Waals surface area contributed by atoms with E-state index in [9.17, 15) is 19.0 Å². The number of unbranched alkanes of at least 4 members (excludes halogenated alkanes) is 25. The Morgan fingerprint density at radius 2 is 0.969 bits per heavy atom. The van der Waals surface area contributed by atoms with Gasteiger partial charge in [-0.25, -0.2) is 0 Å². The van der Waals surface area contributed by atoms with Crippen LogP contribution in [0.15, 0.2) is 48.6 Å². The third kappa shape index (κ3) is 45.1. The van der Waals surface area contributed by atoms with Crippen molar-refractivity contribution in [2.24, 2.45) is 0 Å². The average molecular weight is 921 g/mol. The number of quaternary nitrogens is 1. The molecule has 0 rings (SSSR count). The predicted octanol–water partition coefficient (Wildman–Crippen LogP) is 14.7. The molecule has 0 aromatic rings. The van der Waals surface area contributed by atoms with Crippen molar-refractivity contribution in [3.8, 4) is 0 Å². The van der Waals surface area contributed by atoms with Crippen LogP contribution in [0, 0.1) is 0 Å². The molecule has 0 heterocycles. The molecule has 0 aliphatic carbocycles. The number of carbonyl (C=O) groups is 2. The number of carbonyl (C=O) groups excluding carboxylic acids is 2. The van der Waals surface area contributed by atoms with E-state index in [1.54, 1.807) is 6.08 Å². The molecule has 0 radical (unpaired) electrons. The van der Waals surface area contributed by atoms with Crippen molar-refractivity contribution in [2.75, 3.05) is 40.9 Å². The monoisotopic (exact) mass is 921 g/mol. The van der Waals surface area contributed by atoms with Gasteiger partial charge in [0.05, 0.1) is 33.8 Å². The highest BCUT2D eigenvalue weighted by Crippen LogP contribution is 2.38. The first-order valence-electron chi connectivity index (χ1n) is 26.4. The van der Waals surface area contributed by atoms with Crippen molar-refractivity contribution in [1.29, 1.82) is 0 Å². The third-order valence-corrected chi connectivity index (χ3v) is 12.5. The summed E-state index contributed by atoms with van der Waals surface area (Å²) >= 11 is 0. The van der Waals surface area contributed by atoms with Crippen LogP contribution in [0.2, 0.25) is 0 Å². The first kappa shape index (κ1) is 62.0. The summed E-state index contributed by atoms with van der Waals surface area (Å²) < 4.78 is 30.0. The van der Waals surface area contributed by atoms with Gasteiger partial charge < -0.3 is 28.5 Å². The molecule has 0 aromatic carbocycles. The molecule has 0 saturated heterocycles. The number of esters is 1. The van der Waals surface area contributed by atoms with Crippen LogP contribution in [0.5, 0.6) is 0 Å². The number of ether oxygens (including phenoxy) is 1. The van der Waals surface area contributed by atoms with E-state index in [0.29, 0.717) is 23.9 Å². The zero-order valence-electron chi connectivity index (χ0n) is 42.5. The van der Waals surface area contributed by atoms with E-state index in [1.165, 1.54) is 128 Å². The molecule has 0 aliphatic rings. The van der Waals surface area contributed by atoms with Crippen molar-refractivity contribution in [1.82, 2.24) is 5.32 Å². The maximum Gasteiger partial charge on any atom is 0.306 e. The summed E-state index contributed by atoms with van der Waals surface area (Å²) in [4.78, 5) is 39.6. The minimum absolute atomic E-state index is 0.0338. The van der Waals surface area contributed by atoms with Crippen molar-refractivity contribution < 1.29 is 37.3 Å². The fourth-order valence-electron chi connectivity index (χ4n) is 7.33. The highest BCUT2D eigenvalue weighted by molar-refractivity contribution is 7.45. The minimum Gasteiger partial charge on any atom is -0.756 e. The molecule has 0 aromatic heterocycles. The lowest BCUT2D eigenvalue weighted by molar-refractivity contribution is -0.870. The highest BCUT2D eigenvalue weighted by atomic mass is 31.2. The molecule has 1 amide bonds. The van der Waals surface area contributed by atoms with Crippen LogP contribution >= 0.6 is 7.82 Å². The van der Waals surface area contributed by atoms with Crippen LogP contribution in [-0.4, -0.2) is 69.4 Å². The predicted molar refractivity (Wildman–Crippen MR) is 270 cm³/mol. The summed E-state index contributed by atoms with van der Waals surface area (Å²) in [5, 5.41) is 2.96. The molecule has 0 fully saturated rings. The van der Waals surface area contributed by atoms with E-state index in [2.05, 4.69) is 56.5 Å². The molecule has 10 heteroatoms. The van der Waals surface area contributed by atoms with E-state index >= 15 is 0 Å². The van der Waals surface area contributed by atoms with Gasteiger partial charge >= 0.3 is 5.97 Å². The van der Waals surface area contributed by atoms with E-state index in [0.717, 1.165) is 57.8 Å². The first-order valence-corrected chi connectivity index (χ1v) is 27.9. The second-order valence-electron chi connectivity index (χ2n) is 19.0. The molecular weight excluding hydrogens is 820 g/mol. The van der Waals surface area contributed by atoms with Gasteiger partial charge in [-0.15, -0.1) is 0 Å². The average Bonchev–Trinajstić information content (AvgIpc) is 3.25. The molecule has 0 spiro atoms. The second kappa shape index (κ2) is 44.8. The van der Waals surface area contributed by atoms with Crippen LogP contribution in [-0.2, 0) is 27.9 Å². The molecule has 0 bridgehead atoms. The smallest absolute Gasteiger partial charge is 0.306 e. The second-order valence-corrected chi connectivity index (χ2v) is 20.4. The van der Waals surface area contributed by atoms with Crippen molar-refractivity contribution in [3.63, 3.8) is 0 Å². The maximum atomic E-state index is 13.4. The van der Waals surface area contributed by atoms with Crippen LogP contribution in [0.25, 0.3) is 0 Å². The first-order chi connectivity index (χ1) is 30.9. The fourth-order valence-corrected chi connectivity index (χ4v) is 8.05. The van der Waals surface area contributed by atoms with E-state index in [-0.39, 0.29) is 31.3 Å². The van der Waals surface area contributed by atoms with Crippen molar-refractivity contribution in [3.05, 3.63) is 48.6 Å². The Kier molecular flexibility index (Phi) is 43.4. The van der Waals surface area contributed by atoms with Gasteiger partial charge in [0.1, 0.15) is 19.3 Å². The zero-order valence-corrected chi connectivity index (χ0v) is 43.4. The lowest BCUT2D eigenvalue weighted by atomic mass is 10.1. The molecule has 0 aliphatic heterocycles. The SMILES string of the molecule is CCCCCCCC/C=C\C/C=C/CCC(=O)NC(COP(=O)([O-])OCC[N+](C)(C)C)C(/C=C/CCCCCCCCCCC)OC(=O)CCCCC/C=C\CCCCCCCCC. The Labute approximate surface area is 395 Å². The number of phosphoric ester groups is 1. The molecule has 64 heavy (non-hydrogen) atoms. The number of hydrogen-bond acceptors (Lipinski definition) is 7. The van der Waals surface area contributed by atoms with Crippen molar-refractivity contribution in [2.45, 2.75) is 245 Å². The van der Waals surface area contributed by atoms with Gasteiger partial charge in [-0.1, -0.05) is 192 Å². The number of allylic oxidation sites excluding steroid dienone is 7. The van der Waals surface area contributed by atoms with Gasteiger partial charge in [0, 0.05) is 12.8 Å². The molecule has 374 valence electrons. The van der Waals surface area contributed by atoms with Crippen LogP contribution in [0.1, 0.15) is 233 Å². The van der Waals surface area contributed by atoms with Gasteiger partial charge in [0.25, 0.3) is 7.82 Å². The standard InChI is InChI=1S/C54H101N2O7P/c1-7-10-13-16-19-22-25-27-29-32-35-38-41-44-47-54(58)63-52(45-42-39-36-33-30-24-21-18-15-12-9-3)51(50-62-64(59,60)61-49-48-56(4,5)6)55-53(57)46-43-40-37-34-31-28-26-23-20-17-14-11-8-2/h28-29,31-32,37,40,42,45,51-52H,7-27,30,33-36,38-39,41,43-44,46-50H2,1-6H3,(H-,55,57,59,60)/b31-28-,32-29-,40-37+,45-42+. The summed E-state index contributed by atoms with van der Waals surface area (Å²) in [5.41, 5.74) is 0. The van der Waals surface area contributed by atoms with Crippen molar-refractivity contribution >= 4 is 19.7 Å². The van der Waals surface area contributed by atoms with Gasteiger partial charge in [-0.05, 0) is 76.7 Å². The van der Waals surface area contributed by atoms with Gasteiger partial charge in [0.15, 0.2) is 0 Å². The largest absolute Gasteiger partial charge is 0.756 e. The van der Waals surface area contributed by atoms with E-state index in [4.69, 9.17) is 13.8 Å². The summed E-state index contributed by atoms with van der Waals surface area (Å²) in [6, 6.07) is -0.921. The van der Waals surface area contributed by atoms with Gasteiger partial charge in [-0.3, -0.25) is 14.2 Å². The molecular formula is C54H101N2O7P. The Bertz CT molecular complexity index is 1240. The van der Waals surface area contributed by atoms with Crippen LogP contribution in [0.4, 0.5) is 0 Å². The van der Waals surface area contributed by atoms with E-state index in [1.807, 2.05) is 33.3 Å². The van der Waals surface area contributed by atoms with E-state index < -0.39 is 26.6 Å². The molecule has 9 nitrogen and oxygen atoms in total. The fraction of sp³-hybridized carbons (Fsp3) is 0.815. The Morgan fingerprint density at radius 1 is 0.547 bits per heavy atom. The number of hydrogen-bond donors (Lipinski definition) is 1. The number of likely N-dealkylation sites (N-methyl/N-ethyl adjacent to an activating group) is 1. The number of phosphoric acid groups is 1. The lowest BCUT2D eigenvalue weighted by Crippen LogP contribution is -2.47. The topological polar surface area (TPSA) is 114 Å². The van der Waals surface area contributed by atoms with Gasteiger partial charge in [-0.2, -0.15) is 0 Å². The zero-order chi connectivity index (χ0) is 47.3. The molecule has 0 saturated carbocycles. The lowest BCUT2D eigenvalue weighted by Gasteiger charge is -2.30. The number of nitrogens with one attached hydrogen (secondary N) is 1. The van der Waals surface area contributed by atoms with Crippen LogP contribution in [0.3, 0.4) is 0 Å². The Balaban J connectivity index is 5.50.